The average Bonchev–Trinajstić information content (AvgIpc) is 4.07. The van der Waals surface area contributed by atoms with Crippen LogP contribution in [0, 0.1) is 21.4 Å². The van der Waals surface area contributed by atoms with E-state index >= 15 is 0 Å². The van der Waals surface area contributed by atoms with Crippen molar-refractivity contribution in [2.75, 3.05) is 54.5 Å². The number of nitrogens with zero attached hydrogens (tertiary/aromatic N) is 5. The molecule has 69 heavy (non-hydrogen) atoms. The lowest BCUT2D eigenvalue weighted by atomic mass is 9.60. The van der Waals surface area contributed by atoms with E-state index in [-0.39, 0.29) is 47.9 Å². The number of carbonyl (C=O) groups is 1. The van der Waals surface area contributed by atoms with Crippen molar-refractivity contribution < 1.29 is 45.9 Å². The van der Waals surface area contributed by atoms with E-state index < -0.39 is 60.9 Å². The second-order valence-corrected chi connectivity index (χ2v) is 21.8. The highest BCUT2D eigenvalue weighted by molar-refractivity contribution is 7.90. The lowest BCUT2D eigenvalue weighted by molar-refractivity contribution is -0.384. The van der Waals surface area contributed by atoms with Gasteiger partial charge in [-0.1, -0.05) is 18.2 Å². The molecule has 4 aliphatic heterocycles. The first-order valence-electron chi connectivity index (χ1n) is 23.6. The molecule has 2 saturated carbocycles. The van der Waals surface area contributed by atoms with Gasteiger partial charge in [0.05, 0.1) is 51.5 Å². The van der Waals surface area contributed by atoms with Gasteiger partial charge >= 0.3 is 6.18 Å². The lowest BCUT2D eigenvalue weighted by Gasteiger charge is -2.62. The molecule has 5 fully saturated rings. The first kappa shape index (κ1) is 45.5. The van der Waals surface area contributed by atoms with Crippen LogP contribution in [0.15, 0.2) is 83.9 Å². The van der Waals surface area contributed by atoms with Gasteiger partial charge in [-0.3, -0.25) is 19.8 Å². The van der Waals surface area contributed by atoms with Gasteiger partial charge in [0.15, 0.2) is 0 Å². The molecule has 2 aliphatic carbocycles. The maximum absolute atomic E-state index is 14.5. The third kappa shape index (κ3) is 8.41. The number of aliphatic hydroxyl groups is 1. The summed E-state index contributed by atoms with van der Waals surface area (Å²) in [4.78, 5) is 39.9. The minimum atomic E-state index is -4.66. The topological polar surface area (TPSA) is 195 Å². The Morgan fingerprint density at radius 1 is 1.01 bits per heavy atom. The summed E-state index contributed by atoms with van der Waals surface area (Å²) >= 11 is 0. The number of carbonyl (C=O) groups excluding carboxylic acids is 1. The van der Waals surface area contributed by atoms with Gasteiger partial charge in [-0.2, -0.15) is 18.2 Å². The van der Waals surface area contributed by atoms with Crippen LogP contribution in [0.5, 0.6) is 5.88 Å². The third-order valence-corrected chi connectivity index (χ3v) is 16.8. The number of nitro groups is 1. The molecular formula is C49H53F3N8O8S. The smallest absolute Gasteiger partial charge is 0.416 e. The number of alkyl halides is 3. The van der Waals surface area contributed by atoms with Gasteiger partial charge in [-0.25, -0.2) is 13.1 Å². The SMILES string of the molecule is CC1(O)CCC(CNc2ccc(S(=O)(=O)NC(=O)c3ccc(N4CC5(CC(N6CCC[C@H]6c6ccccc6C(F)(F)F)C5)C4)cc3N3c4cc5cc[nH]c5nc4O[C@H]4COC[C@@H]43)cc2[N+](=O)[O-])CC1. The van der Waals surface area contributed by atoms with Crippen LogP contribution < -0.4 is 24.6 Å². The van der Waals surface area contributed by atoms with Crippen molar-refractivity contribution in [3.63, 3.8) is 0 Å². The number of nitrogens with one attached hydrogen (secondary N) is 3. The summed E-state index contributed by atoms with van der Waals surface area (Å²) in [6, 6.07) is 17.8. The van der Waals surface area contributed by atoms with Gasteiger partial charge in [0.25, 0.3) is 21.6 Å². The number of aromatic amines is 1. The molecular weight excluding hydrogens is 918 g/mol. The van der Waals surface area contributed by atoms with Crippen LogP contribution in [0.3, 0.4) is 0 Å². The van der Waals surface area contributed by atoms with E-state index in [1.807, 2.05) is 23.1 Å². The molecule has 6 heterocycles. The molecule has 16 nitrogen and oxygen atoms in total. The maximum Gasteiger partial charge on any atom is 0.416 e. The summed E-state index contributed by atoms with van der Waals surface area (Å²) in [7, 11) is -4.66. The lowest BCUT2D eigenvalue weighted by Crippen LogP contribution is -2.66. The van der Waals surface area contributed by atoms with Crippen LogP contribution in [0.2, 0.25) is 0 Å². The summed E-state index contributed by atoms with van der Waals surface area (Å²) < 4.78 is 84.8. The van der Waals surface area contributed by atoms with Gasteiger partial charge in [-0.05, 0) is 125 Å². The third-order valence-electron chi connectivity index (χ3n) is 15.4. The van der Waals surface area contributed by atoms with E-state index in [1.165, 1.54) is 24.3 Å². The van der Waals surface area contributed by atoms with E-state index in [0.29, 0.717) is 67.4 Å². The Bertz CT molecular complexity index is 2940. The van der Waals surface area contributed by atoms with Gasteiger partial charge in [0, 0.05) is 60.5 Å². The van der Waals surface area contributed by atoms with Crippen LogP contribution in [-0.2, 0) is 20.9 Å². The van der Waals surface area contributed by atoms with Crippen LogP contribution in [0.25, 0.3) is 11.0 Å². The Balaban J connectivity index is 0.864. The molecule has 11 rings (SSSR count). The fourth-order valence-electron chi connectivity index (χ4n) is 11.8. The zero-order chi connectivity index (χ0) is 48.0. The van der Waals surface area contributed by atoms with Gasteiger partial charge in [-0.15, -0.1) is 0 Å². The zero-order valence-corrected chi connectivity index (χ0v) is 38.7. The highest BCUT2D eigenvalue weighted by Gasteiger charge is 2.56. The molecule has 20 heteroatoms. The molecule has 364 valence electrons. The molecule has 0 radical (unpaired) electrons. The Hall–Kier alpha value is -5.96. The number of hydrogen-bond acceptors (Lipinski definition) is 13. The van der Waals surface area contributed by atoms with E-state index in [2.05, 4.69) is 24.8 Å². The molecule has 1 spiro atoms. The Morgan fingerprint density at radius 2 is 1.80 bits per heavy atom. The molecule has 5 aromatic rings. The minimum Gasteiger partial charge on any atom is -0.468 e. The minimum absolute atomic E-state index is 0.0207. The van der Waals surface area contributed by atoms with Gasteiger partial charge < -0.3 is 34.7 Å². The summed E-state index contributed by atoms with van der Waals surface area (Å²) in [5, 5.41) is 26.5. The fraction of sp³-hybridized carbons (Fsp3) is 0.469. The fourth-order valence-corrected chi connectivity index (χ4v) is 12.8. The molecule has 3 atom stereocenters. The van der Waals surface area contributed by atoms with Crippen molar-refractivity contribution in [3.8, 4) is 5.88 Å². The summed E-state index contributed by atoms with van der Waals surface area (Å²) in [6.45, 7) is 4.81. The monoisotopic (exact) mass is 970 g/mol. The number of hydrogen-bond donors (Lipinski definition) is 4. The molecule has 0 bridgehead atoms. The van der Waals surface area contributed by atoms with Crippen LogP contribution in [0.1, 0.15) is 85.8 Å². The molecule has 4 N–H and O–H groups in total. The number of H-pyrrole nitrogens is 1. The number of nitro benzene ring substituents is 1. The highest BCUT2D eigenvalue weighted by Crippen LogP contribution is 2.55. The number of likely N-dealkylation sites (tertiary alicyclic amines) is 1. The summed E-state index contributed by atoms with van der Waals surface area (Å²) in [6.07, 6.45) is 2.73. The number of aromatic nitrogens is 2. The quantitative estimate of drug-likeness (QED) is 0.0734. The van der Waals surface area contributed by atoms with Crippen LogP contribution in [-0.4, -0.2) is 102 Å². The van der Waals surface area contributed by atoms with Crippen LogP contribution in [0.4, 0.5) is 41.6 Å². The second kappa shape index (κ2) is 16.9. The molecule has 6 aliphatic rings. The van der Waals surface area contributed by atoms with Crippen LogP contribution >= 0.6 is 0 Å². The van der Waals surface area contributed by atoms with E-state index in [9.17, 15) is 41.6 Å². The number of benzene rings is 3. The molecule has 1 amide bonds. The number of sulfonamides is 1. The number of rotatable bonds is 11. The maximum atomic E-state index is 14.5. The Kier molecular flexibility index (Phi) is 11.1. The zero-order valence-electron chi connectivity index (χ0n) is 37.9. The molecule has 3 saturated heterocycles. The van der Waals surface area contributed by atoms with Crippen molar-refractivity contribution >= 4 is 55.4 Å². The van der Waals surface area contributed by atoms with Crippen molar-refractivity contribution in [1.82, 2.24) is 19.6 Å². The van der Waals surface area contributed by atoms with E-state index in [4.69, 9.17) is 14.5 Å². The molecule has 0 unspecified atom stereocenters. The Morgan fingerprint density at radius 3 is 2.57 bits per heavy atom. The van der Waals surface area contributed by atoms with Gasteiger partial charge in [0.1, 0.15) is 23.1 Å². The normalized spacial score (nSPS) is 25.7. The predicted octanol–water partition coefficient (Wildman–Crippen LogP) is 8.07. The second-order valence-electron chi connectivity index (χ2n) is 20.2. The van der Waals surface area contributed by atoms with Crippen molar-refractivity contribution in [2.45, 2.75) is 99.2 Å². The largest absolute Gasteiger partial charge is 0.468 e. The predicted molar refractivity (Wildman–Crippen MR) is 250 cm³/mol. The number of anilines is 4. The molecule has 2 aromatic heterocycles. The van der Waals surface area contributed by atoms with E-state index in [0.717, 1.165) is 55.8 Å². The van der Waals surface area contributed by atoms with Crippen molar-refractivity contribution in [1.29, 1.82) is 0 Å². The highest BCUT2D eigenvalue weighted by atomic mass is 32.2. The molecule has 3 aromatic carbocycles. The van der Waals surface area contributed by atoms with Crippen molar-refractivity contribution in [3.05, 3.63) is 106 Å². The summed E-state index contributed by atoms with van der Waals surface area (Å²) in [5.41, 5.74) is 1.01. The van der Waals surface area contributed by atoms with Gasteiger partial charge in [0.2, 0.25) is 5.88 Å². The number of halogens is 3. The first-order chi connectivity index (χ1) is 32.9. The standard InChI is InChI=1S/C49H53F3N8O8S/c1-47(62)15-12-29(13-16-47)24-54-37-11-9-33(21-40(37)60(63)64)69(65,66)56-45(61)35-10-8-31(20-39(35)59-41-19-30-14-17-53-44(30)55-46(41)68-43-26-67-25-42(43)59)57-27-48(28-57)22-32(23-48)58-18-4-7-38(58)34-5-2-3-6-36(34)49(50,51)52/h2-3,5-6,8-11,14,17,19-21,29,32,38,42-43,54,62H,4,7,12-13,15-16,18,22-28H2,1H3,(H,53,55)(H,56,61)/t29?,38-,42-,43-,47?/m0/s1. The number of ether oxygens (including phenoxy) is 2. The summed E-state index contributed by atoms with van der Waals surface area (Å²) in [5.74, 6) is -0.480. The number of pyridine rings is 1. The number of amides is 1. The van der Waals surface area contributed by atoms with Crippen molar-refractivity contribution in [2.24, 2.45) is 11.3 Å². The van der Waals surface area contributed by atoms with E-state index in [1.54, 1.807) is 37.4 Å². The number of fused-ring (bicyclic) bond motifs is 3. The first-order valence-corrected chi connectivity index (χ1v) is 25.1. The Labute approximate surface area is 396 Å². The average molecular weight is 971 g/mol.